The minimum Gasteiger partial charge on any atom is -1.00 e. The summed E-state index contributed by atoms with van der Waals surface area (Å²) in [5, 5.41) is 0. The summed E-state index contributed by atoms with van der Waals surface area (Å²) in [5.74, 6) is 1.59. The van der Waals surface area contributed by atoms with Crippen molar-refractivity contribution < 1.29 is 49.6 Å². The molecule has 0 saturated carbocycles. The first kappa shape index (κ1) is 24.5. The Kier molecular flexibility index (Phi) is 9.38. The van der Waals surface area contributed by atoms with Crippen molar-refractivity contribution in [2.75, 3.05) is 0 Å². The molecule has 142 valence electrons. The predicted molar refractivity (Wildman–Crippen MR) is 87.0 cm³/mol. The van der Waals surface area contributed by atoms with Crippen molar-refractivity contribution in [1.82, 2.24) is 19.9 Å². The van der Waals surface area contributed by atoms with E-state index in [0.29, 0.717) is 13.1 Å². The van der Waals surface area contributed by atoms with Crippen molar-refractivity contribution in [2.45, 2.75) is 13.1 Å². The SMILES string of the molecule is NCc1nc2ccc(-c3ccc4nc(CN)[nH]c4c3)cc2[nH]1.[Cl-].[Cl-].[Cl-].[Cl-]. The van der Waals surface area contributed by atoms with E-state index in [4.69, 9.17) is 11.5 Å². The molecule has 2 heterocycles. The largest absolute Gasteiger partial charge is 1.00 e. The molecule has 4 rings (SSSR count). The Morgan fingerprint density at radius 3 is 1.38 bits per heavy atom. The molecular weight excluding hydrogens is 418 g/mol. The summed E-state index contributed by atoms with van der Waals surface area (Å²) in [5.41, 5.74) is 17.3. The van der Waals surface area contributed by atoms with E-state index in [-0.39, 0.29) is 49.6 Å². The molecule has 2 aromatic heterocycles. The number of hydrogen-bond acceptors (Lipinski definition) is 4. The number of rotatable bonds is 3. The van der Waals surface area contributed by atoms with Gasteiger partial charge in [-0.2, -0.15) is 0 Å². The van der Waals surface area contributed by atoms with Gasteiger partial charge in [0.25, 0.3) is 0 Å². The highest BCUT2D eigenvalue weighted by Crippen LogP contribution is 2.26. The van der Waals surface area contributed by atoms with Crippen LogP contribution in [0.25, 0.3) is 33.2 Å². The van der Waals surface area contributed by atoms with E-state index in [1.165, 1.54) is 0 Å². The third-order valence-corrected chi connectivity index (χ3v) is 3.78. The molecule has 0 spiro atoms. The monoisotopic (exact) mass is 432 g/mol. The lowest BCUT2D eigenvalue weighted by atomic mass is 10.0. The van der Waals surface area contributed by atoms with Gasteiger partial charge in [-0.1, -0.05) is 12.1 Å². The standard InChI is InChI=1S/C16H16N6.4ClH/c17-7-15-19-11-3-1-9(5-13(11)21-15)10-2-4-12-14(6-10)22-16(8-18)20-12;;;;/h1-6H,7-8,17-18H2,(H,19,21)(H,20,22);4*1H/p-4. The molecule has 0 saturated heterocycles. The van der Waals surface area contributed by atoms with Gasteiger partial charge in [-0.3, -0.25) is 0 Å². The van der Waals surface area contributed by atoms with Crippen LogP contribution in [0.2, 0.25) is 0 Å². The topological polar surface area (TPSA) is 109 Å². The molecule has 0 unspecified atom stereocenters. The number of nitrogens with two attached hydrogens (primary N) is 2. The molecule has 6 N–H and O–H groups in total. The Morgan fingerprint density at radius 1 is 0.654 bits per heavy atom. The molecule has 0 atom stereocenters. The second-order valence-corrected chi connectivity index (χ2v) is 5.24. The Morgan fingerprint density at radius 2 is 1.04 bits per heavy atom. The van der Waals surface area contributed by atoms with Gasteiger partial charge in [-0.05, 0) is 35.4 Å². The molecule has 4 aromatic rings. The third kappa shape index (κ3) is 4.40. The number of fused-ring (bicyclic) bond motifs is 2. The van der Waals surface area contributed by atoms with Gasteiger partial charge in [0.2, 0.25) is 0 Å². The number of aromatic amines is 2. The smallest absolute Gasteiger partial charge is 0.121 e. The van der Waals surface area contributed by atoms with Gasteiger partial charge in [0.05, 0.1) is 35.2 Å². The summed E-state index contributed by atoms with van der Waals surface area (Å²) in [6, 6.07) is 12.3. The fourth-order valence-corrected chi connectivity index (χ4v) is 2.68. The zero-order valence-corrected chi connectivity index (χ0v) is 16.5. The van der Waals surface area contributed by atoms with E-state index in [9.17, 15) is 0 Å². The minimum atomic E-state index is 0. The van der Waals surface area contributed by atoms with Crippen molar-refractivity contribution >= 4 is 22.1 Å². The summed E-state index contributed by atoms with van der Waals surface area (Å²) in [7, 11) is 0. The number of benzene rings is 2. The first-order chi connectivity index (χ1) is 10.8. The van der Waals surface area contributed by atoms with Gasteiger partial charge >= 0.3 is 0 Å². The summed E-state index contributed by atoms with van der Waals surface area (Å²) >= 11 is 0. The predicted octanol–water partition coefficient (Wildman–Crippen LogP) is -9.96. The molecule has 0 radical (unpaired) electrons. The van der Waals surface area contributed by atoms with Crippen LogP contribution in [0.15, 0.2) is 36.4 Å². The highest BCUT2D eigenvalue weighted by molar-refractivity contribution is 5.86. The van der Waals surface area contributed by atoms with E-state index in [2.05, 4.69) is 44.2 Å². The molecular formula is C16H16Cl4N6-4. The third-order valence-electron chi connectivity index (χ3n) is 3.78. The second kappa shape index (κ2) is 9.97. The number of imidazole rings is 2. The maximum Gasteiger partial charge on any atom is 0.121 e. The second-order valence-electron chi connectivity index (χ2n) is 5.24. The van der Waals surface area contributed by atoms with Crippen LogP contribution in [0.3, 0.4) is 0 Å². The lowest BCUT2D eigenvalue weighted by Crippen LogP contribution is -3.00. The van der Waals surface area contributed by atoms with E-state index in [1.807, 2.05) is 12.1 Å². The Balaban J connectivity index is 0.00000156. The highest BCUT2D eigenvalue weighted by atomic mass is 35.5. The van der Waals surface area contributed by atoms with Crippen LogP contribution in [0.4, 0.5) is 0 Å². The number of nitrogens with one attached hydrogen (secondary N) is 2. The van der Waals surface area contributed by atoms with Gasteiger partial charge in [0, 0.05) is 0 Å². The van der Waals surface area contributed by atoms with Crippen molar-refractivity contribution in [3.8, 4) is 11.1 Å². The van der Waals surface area contributed by atoms with Crippen LogP contribution >= 0.6 is 0 Å². The molecule has 0 aliphatic heterocycles. The van der Waals surface area contributed by atoms with E-state index >= 15 is 0 Å². The van der Waals surface area contributed by atoms with Crippen molar-refractivity contribution in [3.63, 3.8) is 0 Å². The van der Waals surface area contributed by atoms with Crippen LogP contribution < -0.4 is 61.1 Å². The van der Waals surface area contributed by atoms with Crippen molar-refractivity contribution in [1.29, 1.82) is 0 Å². The first-order valence-electron chi connectivity index (χ1n) is 7.14. The zero-order valence-electron chi connectivity index (χ0n) is 13.4. The van der Waals surface area contributed by atoms with Gasteiger partial charge in [-0.15, -0.1) is 0 Å². The average Bonchev–Trinajstić information content (AvgIpc) is 3.16. The number of halogens is 4. The maximum atomic E-state index is 5.63. The summed E-state index contributed by atoms with van der Waals surface area (Å²) in [6.45, 7) is 0.817. The van der Waals surface area contributed by atoms with Crippen molar-refractivity contribution in [2.24, 2.45) is 11.5 Å². The number of nitrogens with zero attached hydrogens (tertiary/aromatic N) is 2. The molecule has 0 aliphatic rings. The molecule has 0 amide bonds. The van der Waals surface area contributed by atoms with E-state index < -0.39 is 0 Å². The summed E-state index contributed by atoms with van der Waals surface area (Å²) in [6.07, 6.45) is 0. The van der Waals surface area contributed by atoms with Crippen LogP contribution in [-0.2, 0) is 13.1 Å². The molecule has 10 heteroatoms. The number of H-pyrrole nitrogens is 2. The fourth-order valence-electron chi connectivity index (χ4n) is 2.68. The van der Waals surface area contributed by atoms with E-state index in [1.54, 1.807) is 0 Å². The maximum absolute atomic E-state index is 5.63. The fraction of sp³-hybridized carbons (Fsp3) is 0.125. The molecule has 0 bridgehead atoms. The quantitative estimate of drug-likeness (QED) is 0.257. The van der Waals surface area contributed by atoms with E-state index in [0.717, 1.165) is 44.8 Å². The lowest BCUT2D eigenvalue weighted by Gasteiger charge is -2.01. The number of hydrogen-bond donors (Lipinski definition) is 4. The van der Waals surface area contributed by atoms with Crippen LogP contribution in [0.1, 0.15) is 11.6 Å². The van der Waals surface area contributed by atoms with Gasteiger partial charge in [-0.25, -0.2) is 9.97 Å². The van der Waals surface area contributed by atoms with Gasteiger partial charge in [0.15, 0.2) is 0 Å². The summed E-state index contributed by atoms with van der Waals surface area (Å²) in [4.78, 5) is 15.3. The van der Waals surface area contributed by atoms with Crippen LogP contribution in [-0.4, -0.2) is 19.9 Å². The van der Waals surface area contributed by atoms with Gasteiger partial charge in [0.1, 0.15) is 11.6 Å². The van der Waals surface area contributed by atoms with Crippen molar-refractivity contribution in [3.05, 3.63) is 48.0 Å². The molecule has 26 heavy (non-hydrogen) atoms. The molecule has 2 aromatic carbocycles. The molecule has 6 nitrogen and oxygen atoms in total. The minimum absolute atomic E-state index is 0. The van der Waals surface area contributed by atoms with Gasteiger partial charge < -0.3 is 71.1 Å². The normalized spacial score (nSPS) is 9.77. The van der Waals surface area contributed by atoms with Crippen LogP contribution in [0.5, 0.6) is 0 Å². The Labute approximate surface area is 175 Å². The lowest BCUT2D eigenvalue weighted by molar-refractivity contribution is -0.00100. The first-order valence-corrected chi connectivity index (χ1v) is 7.14. The zero-order chi connectivity index (χ0) is 15.1. The number of aromatic nitrogens is 4. The van der Waals surface area contributed by atoms with Crippen LogP contribution in [0, 0.1) is 0 Å². The average molecular weight is 434 g/mol. The highest BCUT2D eigenvalue weighted by Gasteiger charge is 2.07. The Hall–Kier alpha value is -1.54. The molecule has 0 fully saturated rings. The summed E-state index contributed by atoms with van der Waals surface area (Å²) < 4.78 is 0. The molecule has 0 aliphatic carbocycles. The Bertz CT molecular complexity index is 901.